The normalized spacial score (nSPS) is 22.3. The number of fused-ring (bicyclic) bond motifs is 3. The van der Waals surface area contributed by atoms with Crippen molar-refractivity contribution in [2.45, 2.75) is 51.1 Å². The zero-order chi connectivity index (χ0) is 27.5. The Balaban J connectivity index is 1.22. The molecular weight excluding hydrogens is 505 g/mol. The monoisotopic (exact) mass is 537 g/mol. The van der Waals surface area contributed by atoms with E-state index in [-0.39, 0.29) is 35.4 Å². The van der Waals surface area contributed by atoms with Gasteiger partial charge in [-0.1, -0.05) is 19.9 Å². The van der Waals surface area contributed by atoms with Gasteiger partial charge >= 0.3 is 0 Å². The van der Waals surface area contributed by atoms with Crippen LogP contribution < -0.4 is 5.32 Å². The fourth-order valence-corrected chi connectivity index (χ4v) is 6.88. The molecule has 7 nitrogen and oxygen atoms in total. The van der Waals surface area contributed by atoms with Crippen LogP contribution in [0.5, 0.6) is 0 Å². The largest absolute Gasteiger partial charge is 0.340 e. The predicted octanol–water partition coefficient (Wildman–Crippen LogP) is 5.13. The van der Waals surface area contributed by atoms with E-state index in [1.807, 2.05) is 33.9 Å². The second-order valence-electron chi connectivity index (χ2n) is 11.8. The molecule has 40 heavy (non-hydrogen) atoms. The fourth-order valence-electron chi connectivity index (χ4n) is 6.88. The van der Waals surface area contributed by atoms with E-state index in [1.165, 1.54) is 12.1 Å². The lowest BCUT2D eigenvalue weighted by Gasteiger charge is -2.41. The van der Waals surface area contributed by atoms with Gasteiger partial charge in [-0.15, -0.1) is 0 Å². The number of likely N-dealkylation sites (tertiary alicyclic amines) is 1. The number of pyridine rings is 2. The van der Waals surface area contributed by atoms with Crippen molar-refractivity contribution in [2.75, 3.05) is 13.1 Å². The number of nitrogens with zero attached hydrogens (tertiary/aromatic N) is 4. The molecular formula is C32H32FN5O2. The molecule has 2 bridgehead atoms. The molecule has 3 aromatic heterocycles. The number of nitrogens with one attached hydrogen (secondary N) is 1. The molecule has 0 spiro atoms. The topological polar surface area (TPSA) is 80.1 Å². The van der Waals surface area contributed by atoms with Gasteiger partial charge in [-0.25, -0.2) is 4.39 Å². The summed E-state index contributed by atoms with van der Waals surface area (Å²) in [5.74, 6) is 0.148. The number of hydrogen-bond acceptors (Lipinski definition) is 5. The molecule has 1 amide bonds. The molecule has 4 aromatic rings. The van der Waals surface area contributed by atoms with Crippen molar-refractivity contribution in [1.82, 2.24) is 24.8 Å². The minimum atomic E-state index is -0.340. The van der Waals surface area contributed by atoms with Crippen LogP contribution in [0.1, 0.15) is 55.1 Å². The van der Waals surface area contributed by atoms with Crippen LogP contribution in [-0.4, -0.2) is 56.3 Å². The number of amides is 1. The van der Waals surface area contributed by atoms with Crippen LogP contribution in [0.15, 0.2) is 61.2 Å². The summed E-state index contributed by atoms with van der Waals surface area (Å²) >= 11 is 0. The number of rotatable bonds is 6. The highest BCUT2D eigenvalue weighted by Crippen LogP contribution is 2.38. The van der Waals surface area contributed by atoms with Crippen LogP contribution in [0.3, 0.4) is 0 Å². The number of carbonyl (C=O) groups excluding carboxylic acids is 2. The smallest absolute Gasteiger partial charge is 0.240 e. The van der Waals surface area contributed by atoms with Crippen molar-refractivity contribution in [3.05, 3.63) is 78.3 Å². The third-order valence-corrected chi connectivity index (χ3v) is 8.96. The van der Waals surface area contributed by atoms with Crippen LogP contribution in [-0.2, 0) is 4.79 Å². The number of carbonyl (C=O) groups is 2. The molecule has 2 aliphatic heterocycles. The van der Waals surface area contributed by atoms with E-state index < -0.39 is 0 Å². The number of aromatic nitrogens is 3. The van der Waals surface area contributed by atoms with Crippen molar-refractivity contribution < 1.29 is 14.0 Å². The number of hydrogen-bond donors (Lipinski definition) is 1. The van der Waals surface area contributed by atoms with Gasteiger partial charge in [0.05, 0.1) is 35.1 Å². The number of ketones is 1. The SMILES string of the molecule is CC(C)c1ncccc1-c1cc(F)ccc1-n1cc(C(=O)C2CN(C(=O)C3N[C@@H]4CCC3C4)C2)c2ccncc21. The van der Waals surface area contributed by atoms with Crippen molar-refractivity contribution in [2.24, 2.45) is 11.8 Å². The Bertz CT molecular complexity index is 1640. The third-order valence-electron chi connectivity index (χ3n) is 8.96. The van der Waals surface area contributed by atoms with Gasteiger partial charge in [0.2, 0.25) is 5.91 Å². The Hall–Kier alpha value is -3.91. The number of piperidine rings is 1. The summed E-state index contributed by atoms with van der Waals surface area (Å²) in [5, 5.41) is 4.27. The maximum absolute atomic E-state index is 14.6. The Kier molecular flexibility index (Phi) is 6.04. The molecule has 1 N–H and O–H groups in total. The van der Waals surface area contributed by atoms with Gasteiger partial charge in [-0.05, 0) is 61.4 Å². The molecule has 3 fully saturated rings. The summed E-state index contributed by atoms with van der Waals surface area (Å²) in [6.45, 7) is 5.02. The lowest BCUT2D eigenvalue weighted by atomic mass is 9.89. The number of benzene rings is 1. The molecule has 204 valence electrons. The highest BCUT2D eigenvalue weighted by molar-refractivity contribution is 6.10. The predicted molar refractivity (Wildman–Crippen MR) is 151 cm³/mol. The third kappa shape index (κ3) is 4.04. The Morgan fingerprint density at radius 1 is 1.07 bits per heavy atom. The second kappa shape index (κ2) is 9.63. The highest BCUT2D eigenvalue weighted by Gasteiger charge is 2.47. The quantitative estimate of drug-likeness (QED) is 0.345. The summed E-state index contributed by atoms with van der Waals surface area (Å²) in [7, 11) is 0. The zero-order valence-corrected chi connectivity index (χ0v) is 22.7. The van der Waals surface area contributed by atoms with E-state index in [0.717, 1.165) is 47.1 Å². The maximum Gasteiger partial charge on any atom is 0.240 e. The van der Waals surface area contributed by atoms with Gasteiger partial charge in [0.15, 0.2) is 5.78 Å². The van der Waals surface area contributed by atoms with Crippen molar-refractivity contribution >= 4 is 22.6 Å². The van der Waals surface area contributed by atoms with Crippen LogP contribution >= 0.6 is 0 Å². The minimum Gasteiger partial charge on any atom is -0.340 e. The molecule has 3 atom stereocenters. The van der Waals surface area contributed by atoms with Crippen LogP contribution in [0.2, 0.25) is 0 Å². The summed E-state index contributed by atoms with van der Waals surface area (Å²) in [4.78, 5) is 37.6. The summed E-state index contributed by atoms with van der Waals surface area (Å²) in [6.07, 6.45) is 10.4. The first-order chi connectivity index (χ1) is 19.4. The summed E-state index contributed by atoms with van der Waals surface area (Å²) in [5.41, 5.74) is 4.55. The standard InChI is InChI=1S/C32H32FN5O2/c1-18(2)29-24(4-3-10-35-29)25-13-21(33)6-8-27(25)38-17-26(23-9-11-34-14-28(23)38)31(39)20-15-37(16-20)32(40)30-19-5-7-22(12-19)36-30/h3-4,6,8-11,13-14,17-20,22,30,36H,5,7,12,15-16H2,1-2H3/t19?,22-,30?/m1/s1. The Labute approximate surface area is 232 Å². The summed E-state index contributed by atoms with van der Waals surface area (Å²) in [6, 6.07) is 10.8. The van der Waals surface area contributed by atoms with Gasteiger partial charge in [-0.3, -0.25) is 19.6 Å². The summed E-state index contributed by atoms with van der Waals surface area (Å²) < 4.78 is 16.6. The van der Waals surface area contributed by atoms with Gasteiger partial charge in [0.25, 0.3) is 0 Å². The highest BCUT2D eigenvalue weighted by atomic mass is 19.1. The van der Waals surface area contributed by atoms with Crippen molar-refractivity contribution in [1.29, 1.82) is 0 Å². The minimum absolute atomic E-state index is 0.0211. The van der Waals surface area contributed by atoms with E-state index in [2.05, 4.69) is 29.1 Å². The molecule has 7 rings (SSSR count). The van der Waals surface area contributed by atoms with Gasteiger partial charge < -0.3 is 14.8 Å². The molecule has 2 unspecified atom stereocenters. The fraction of sp³-hybridized carbons (Fsp3) is 0.375. The first-order valence-corrected chi connectivity index (χ1v) is 14.2. The molecule has 1 saturated carbocycles. The average Bonchev–Trinajstić information content (AvgIpc) is 3.67. The Morgan fingerprint density at radius 2 is 1.93 bits per heavy atom. The first-order valence-electron chi connectivity index (χ1n) is 14.2. The zero-order valence-electron chi connectivity index (χ0n) is 22.7. The van der Waals surface area contributed by atoms with Crippen LogP contribution in [0.25, 0.3) is 27.7 Å². The molecule has 1 aromatic carbocycles. The molecule has 8 heteroatoms. The van der Waals surface area contributed by atoms with Crippen molar-refractivity contribution in [3.8, 4) is 16.8 Å². The van der Waals surface area contributed by atoms with Crippen molar-refractivity contribution in [3.63, 3.8) is 0 Å². The average molecular weight is 538 g/mol. The Morgan fingerprint density at radius 3 is 2.67 bits per heavy atom. The number of halogens is 1. The molecule has 2 saturated heterocycles. The lowest BCUT2D eigenvalue weighted by molar-refractivity contribution is -0.139. The van der Waals surface area contributed by atoms with E-state index in [9.17, 15) is 14.0 Å². The van der Waals surface area contributed by atoms with Gasteiger partial charge in [0, 0.05) is 59.8 Å². The van der Waals surface area contributed by atoms with Gasteiger partial charge in [0.1, 0.15) is 5.82 Å². The molecule has 1 aliphatic carbocycles. The lowest BCUT2D eigenvalue weighted by Crippen LogP contribution is -2.59. The molecule has 3 aliphatic rings. The van der Waals surface area contributed by atoms with Crippen LogP contribution in [0, 0.1) is 17.7 Å². The van der Waals surface area contributed by atoms with Gasteiger partial charge in [-0.2, -0.15) is 0 Å². The molecule has 0 radical (unpaired) electrons. The second-order valence-corrected chi connectivity index (χ2v) is 11.8. The van der Waals surface area contributed by atoms with Crippen LogP contribution in [0.4, 0.5) is 4.39 Å². The molecule has 5 heterocycles. The number of Topliss-reactive ketones (excluding diaryl/α,β-unsaturated/α-hetero) is 1. The first kappa shape index (κ1) is 25.1. The van der Waals surface area contributed by atoms with E-state index in [4.69, 9.17) is 0 Å². The maximum atomic E-state index is 14.6. The van der Waals surface area contributed by atoms with E-state index in [1.54, 1.807) is 24.7 Å². The van der Waals surface area contributed by atoms with E-state index >= 15 is 0 Å². The van der Waals surface area contributed by atoms with E-state index in [0.29, 0.717) is 36.2 Å².